The Hall–Kier alpha value is -3.61. The summed E-state index contributed by atoms with van der Waals surface area (Å²) in [7, 11) is 0. The van der Waals surface area contributed by atoms with E-state index in [1.807, 2.05) is 24.3 Å². The van der Waals surface area contributed by atoms with Crippen LogP contribution in [0.1, 0.15) is 32.3 Å². The summed E-state index contributed by atoms with van der Waals surface area (Å²) < 4.78 is 0. The van der Waals surface area contributed by atoms with Crippen LogP contribution in [0.3, 0.4) is 0 Å². The van der Waals surface area contributed by atoms with E-state index < -0.39 is 0 Å². The molecule has 0 aromatic heterocycles. The molecule has 2 aromatic rings. The average molecular weight is 418 g/mol. The summed E-state index contributed by atoms with van der Waals surface area (Å²) in [6.07, 6.45) is 2.42. The Morgan fingerprint density at radius 3 is 2.10 bits per heavy atom. The lowest BCUT2D eigenvalue weighted by Gasteiger charge is -2.18. The fraction of sp³-hybridized carbons (Fsp3) is 0.292. The highest BCUT2D eigenvalue weighted by Gasteiger charge is 2.38. The van der Waals surface area contributed by atoms with Gasteiger partial charge in [0, 0.05) is 43.6 Å². The number of benzene rings is 2. The van der Waals surface area contributed by atoms with E-state index in [4.69, 9.17) is 0 Å². The van der Waals surface area contributed by atoms with Gasteiger partial charge in [0.15, 0.2) is 0 Å². The van der Waals surface area contributed by atoms with E-state index in [0.717, 1.165) is 24.5 Å². The third-order valence-corrected chi connectivity index (χ3v) is 5.59. The van der Waals surface area contributed by atoms with Crippen LogP contribution in [0, 0.1) is 0 Å². The second-order valence-electron chi connectivity index (χ2n) is 7.73. The Bertz CT molecular complexity index is 1040. The van der Waals surface area contributed by atoms with Crippen LogP contribution in [0.15, 0.2) is 54.2 Å². The van der Waals surface area contributed by atoms with Crippen molar-refractivity contribution in [1.82, 2.24) is 4.90 Å². The molecule has 160 valence electrons. The number of nitrogens with zero attached hydrogens (tertiary/aromatic N) is 2. The fourth-order valence-electron chi connectivity index (χ4n) is 4.05. The molecule has 2 aliphatic heterocycles. The molecule has 2 aromatic carbocycles. The zero-order valence-electron chi connectivity index (χ0n) is 17.8. The Morgan fingerprint density at radius 1 is 0.903 bits per heavy atom. The second-order valence-corrected chi connectivity index (χ2v) is 7.73. The zero-order chi connectivity index (χ0) is 22.0. The van der Waals surface area contributed by atoms with E-state index in [9.17, 15) is 14.4 Å². The maximum absolute atomic E-state index is 13.0. The lowest BCUT2D eigenvalue weighted by molar-refractivity contribution is -0.136. The molecule has 1 fully saturated rings. The molecule has 0 saturated carbocycles. The summed E-state index contributed by atoms with van der Waals surface area (Å²) in [5.41, 5.74) is 3.78. The van der Waals surface area contributed by atoms with E-state index in [1.54, 1.807) is 31.2 Å². The van der Waals surface area contributed by atoms with Gasteiger partial charge < -0.3 is 15.5 Å². The van der Waals surface area contributed by atoms with Gasteiger partial charge in [-0.25, -0.2) is 0 Å². The van der Waals surface area contributed by atoms with Gasteiger partial charge in [0.1, 0.15) is 5.70 Å². The number of hydrogen-bond donors (Lipinski definition) is 2. The van der Waals surface area contributed by atoms with Crippen LogP contribution in [0.4, 0.5) is 17.1 Å². The van der Waals surface area contributed by atoms with Crippen molar-refractivity contribution in [3.63, 3.8) is 0 Å². The van der Waals surface area contributed by atoms with Gasteiger partial charge in [-0.15, -0.1) is 0 Å². The Morgan fingerprint density at radius 2 is 1.52 bits per heavy atom. The molecule has 0 atom stereocenters. The maximum Gasteiger partial charge on any atom is 0.278 e. The molecule has 3 amide bonds. The fourth-order valence-corrected chi connectivity index (χ4v) is 4.05. The Balaban J connectivity index is 1.64. The zero-order valence-corrected chi connectivity index (χ0v) is 17.8. The molecule has 7 nitrogen and oxygen atoms in total. The summed E-state index contributed by atoms with van der Waals surface area (Å²) >= 11 is 0. The number of rotatable bonds is 6. The van der Waals surface area contributed by atoms with E-state index in [2.05, 4.69) is 15.5 Å². The average Bonchev–Trinajstić information content (AvgIpc) is 3.37. The van der Waals surface area contributed by atoms with Crippen molar-refractivity contribution in [3.8, 4) is 0 Å². The van der Waals surface area contributed by atoms with Crippen molar-refractivity contribution in [2.45, 2.75) is 26.7 Å². The number of hydrogen-bond acceptors (Lipinski definition) is 5. The topological polar surface area (TPSA) is 81.8 Å². The van der Waals surface area contributed by atoms with Gasteiger partial charge in [0.05, 0.1) is 5.57 Å². The summed E-state index contributed by atoms with van der Waals surface area (Å²) in [5, 5.41) is 5.88. The van der Waals surface area contributed by atoms with Crippen molar-refractivity contribution in [1.29, 1.82) is 0 Å². The van der Waals surface area contributed by atoms with Gasteiger partial charge in [0.25, 0.3) is 11.8 Å². The van der Waals surface area contributed by atoms with Crippen molar-refractivity contribution in [2.75, 3.05) is 35.2 Å². The number of carbonyl (C=O) groups is 3. The van der Waals surface area contributed by atoms with Crippen molar-refractivity contribution in [3.05, 3.63) is 59.8 Å². The quantitative estimate of drug-likeness (QED) is 0.702. The van der Waals surface area contributed by atoms with Crippen LogP contribution < -0.4 is 15.5 Å². The van der Waals surface area contributed by atoms with Gasteiger partial charge >= 0.3 is 0 Å². The molecule has 2 aliphatic rings. The number of carbonyl (C=O) groups excluding carboxylic acids is 3. The Kier molecular flexibility index (Phi) is 5.75. The lowest BCUT2D eigenvalue weighted by atomic mass is 10.0. The van der Waals surface area contributed by atoms with Gasteiger partial charge in [-0.1, -0.05) is 12.1 Å². The van der Waals surface area contributed by atoms with Crippen LogP contribution >= 0.6 is 0 Å². The minimum absolute atomic E-state index is 0.170. The van der Waals surface area contributed by atoms with Crippen LogP contribution in [0.5, 0.6) is 0 Å². The minimum atomic E-state index is -0.336. The molecule has 0 aliphatic carbocycles. The highest BCUT2D eigenvalue weighted by atomic mass is 16.2. The molecule has 0 spiro atoms. The molecule has 2 heterocycles. The largest absolute Gasteiger partial charge is 0.372 e. The molecule has 0 unspecified atom stereocenters. The predicted octanol–water partition coefficient (Wildman–Crippen LogP) is 3.46. The predicted molar refractivity (Wildman–Crippen MR) is 122 cm³/mol. The van der Waals surface area contributed by atoms with Crippen molar-refractivity contribution in [2.24, 2.45) is 0 Å². The van der Waals surface area contributed by atoms with Crippen LogP contribution in [0.25, 0.3) is 5.57 Å². The van der Waals surface area contributed by atoms with Crippen LogP contribution in [-0.4, -0.2) is 42.3 Å². The first kappa shape index (κ1) is 20.7. The van der Waals surface area contributed by atoms with Gasteiger partial charge in [-0.2, -0.15) is 0 Å². The van der Waals surface area contributed by atoms with Crippen LogP contribution in [-0.2, 0) is 14.4 Å². The summed E-state index contributed by atoms with van der Waals surface area (Å²) in [4.78, 5) is 40.7. The van der Waals surface area contributed by atoms with Crippen molar-refractivity contribution >= 4 is 40.4 Å². The lowest BCUT2D eigenvalue weighted by Crippen LogP contribution is -2.32. The number of anilines is 3. The first-order valence-corrected chi connectivity index (χ1v) is 10.6. The number of nitrogens with one attached hydrogen (secondary N) is 2. The minimum Gasteiger partial charge on any atom is -0.372 e. The Labute approximate surface area is 181 Å². The van der Waals surface area contributed by atoms with E-state index in [1.165, 1.54) is 24.7 Å². The molecule has 4 rings (SSSR count). The SMILES string of the molecule is CCN1C(=O)C(Nc2ccc(N3CCCC3)cc2)=C(c2ccc(NC(C)=O)cc2)C1=O. The van der Waals surface area contributed by atoms with Crippen LogP contribution in [0.2, 0.25) is 0 Å². The summed E-state index contributed by atoms with van der Waals surface area (Å²) in [6, 6.07) is 14.9. The molecular formula is C24H26N4O3. The molecule has 2 N–H and O–H groups in total. The molecule has 7 heteroatoms. The van der Waals surface area contributed by atoms with Gasteiger partial charge in [-0.3, -0.25) is 19.3 Å². The van der Waals surface area contributed by atoms with E-state index in [-0.39, 0.29) is 23.4 Å². The third-order valence-electron chi connectivity index (χ3n) is 5.59. The monoisotopic (exact) mass is 418 g/mol. The highest BCUT2D eigenvalue weighted by Crippen LogP contribution is 2.31. The van der Waals surface area contributed by atoms with E-state index >= 15 is 0 Å². The second kappa shape index (κ2) is 8.63. The first-order chi connectivity index (χ1) is 15.0. The molecule has 0 bridgehead atoms. The standard InChI is InChI=1S/C24H26N4O3/c1-3-28-23(30)21(17-6-8-18(9-7-17)25-16(2)29)22(24(28)31)26-19-10-12-20(13-11-19)27-14-4-5-15-27/h6-13,26H,3-5,14-15H2,1-2H3,(H,25,29). The normalized spacial score (nSPS) is 16.3. The first-order valence-electron chi connectivity index (χ1n) is 10.6. The number of amides is 3. The van der Waals surface area contributed by atoms with E-state index in [0.29, 0.717) is 23.4 Å². The number of imide groups is 1. The number of likely N-dealkylation sites (N-methyl/N-ethyl adjacent to an activating group) is 1. The van der Waals surface area contributed by atoms with Gasteiger partial charge in [-0.05, 0) is 61.7 Å². The summed E-state index contributed by atoms with van der Waals surface area (Å²) in [6.45, 7) is 5.64. The third kappa shape index (κ3) is 4.17. The smallest absolute Gasteiger partial charge is 0.278 e. The molecule has 0 radical (unpaired) electrons. The summed E-state index contributed by atoms with van der Waals surface area (Å²) in [5.74, 6) is -0.830. The van der Waals surface area contributed by atoms with Gasteiger partial charge in [0.2, 0.25) is 5.91 Å². The maximum atomic E-state index is 13.0. The molecular weight excluding hydrogens is 392 g/mol. The molecule has 1 saturated heterocycles. The van der Waals surface area contributed by atoms with Crippen molar-refractivity contribution < 1.29 is 14.4 Å². The highest BCUT2D eigenvalue weighted by molar-refractivity contribution is 6.36. The molecule has 31 heavy (non-hydrogen) atoms.